The minimum Gasteiger partial charge on any atom is -0.492 e. The van der Waals surface area contributed by atoms with Crippen molar-refractivity contribution in [1.82, 2.24) is 20.5 Å². The molecular weight excluding hydrogens is 390 g/mol. The van der Waals surface area contributed by atoms with Gasteiger partial charge < -0.3 is 20.1 Å². The quantitative estimate of drug-likeness (QED) is 0.450. The first kappa shape index (κ1) is 23.0. The summed E-state index contributed by atoms with van der Waals surface area (Å²) in [6.45, 7) is 4.79. The highest BCUT2D eigenvalue weighted by atomic mass is 16.5. The summed E-state index contributed by atoms with van der Waals surface area (Å²) in [4.78, 5) is 11.0. The van der Waals surface area contributed by atoms with Crippen LogP contribution in [-0.2, 0) is 17.7 Å². The number of hydrogen-bond acceptors (Lipinski definition) is 5. The van der Waals surface area contributed by atoms with Gasteiger partial charge in [0.25, 0.3) is 0 Å². The lowest BCUT2D eigenvalue weighted by atomic mass is 10.1. The number of nitrogens with one attached hydrogen (secondary N) is 2. The highest BCUT2D eigenvalue weighted by molar-refractivity contribution is 5.79. The summed E-state index contributed by atoms with van der Waals surface area (Å²) in [6, 6.07) is 14.8. The van der Waals surface area contributed by atoms with Crippen molar-refractivity contribution in [3.63, 3.8) is 0 Å². The first-order valence-corrected chi connectivity index (χ1v) is 11.1. The van der Waals surface area contributed by atoms with Crippen LogP contribution in [0.2, 0.25) is 0 Å². The minimum atomic E-state index is 0.602. The van der Waals surface area contributed by atoms with Gasteiger partial charge in [-0.1, -0.05) is 18.2 Å². The molecule has 2 heterocycles. The van der Waals surface area contributed by atoms with E-state index in [4.69, 9.17) is 9.47 Å². The fraction of sp³-hybridized carbons (Fsp3) is 0.500. The second-order valence-electron chi connectivity index (χ2n) is 7.74. The monoisotopic (exact) mass is 425 g/mol. The third-order valence-corrected chi connectivity index (χ3v) is 5.51. The molecule has 1 fully saturated rings. The fourth-order valence-corrected chi connectivity index (χ4v) is 3.62. The van der Waals surface area contributed by atoms with Crippen LogP contribution in [0.15, 0.2) is 53.7 Å². The molecule has 7 heteroatoms. The van der Waals surface area contributed by atoms with Gasteiger partial charge in [-0.2, -0.15) is 0 Å². The van der Waals surface area contributed by atoms with Crippen LogP contribution in [0.4, 0.5) is 0 Å². The predicted octanol–water partition coefficient (Wildman–Crippen LogP) is 2.48. The van der Waals surface area contributed by atoms with Crippen LogP contribution in [0, 0.1) is 0 Å². The van der Waals surface area contributed by atoms with Crippen molar-refractivity contribution in [2.24, 2.45) is 4.99 Å². The molecule has 1 aliphatic rings. The van der Waals surface area contributed by atoms with Crippen molar-refractivity contribution < 1.29 is 9.47 Å². The van der Waals surface area contributed by atoms with Gasteiger partial charge in [0, 0.05) is 64.2 Å². The molecule has 1 aromatic carbocycles. The van der Waals surface area contributed by atoms with Crippen molar-refractivity contribution in [2.75, 3.05) is 47.0 Å². The second kappa shape index (κ2) is 12.9. The Bertz CT molecular complexity index is 794. The molecule has 2 aromatic rings. The van der Waals surface area contributed by atoms with E-state index in [0.717, 1.165) is 68.5 Å². The van der Waals surface area contributed by atoms with E-state index < -0.39 is 0 Å². The minimum absolute atomic E-state index is 0.602. The third-order valence-electron chi connectivity index (χ3n) is 5.51. The molecule has 0 unspecified atom stereocenters. The zero-order valence-corrected chi connectivity index (χ0v) is 18.7. The normalized spacial score (nSPS) is 15.1. The maximum Gasteiger partial charge on any atom is 0.191 e. The van der Waals surface area contributed by atoms with E-state index in [1.165, 1.54) is 0 Å². The number of nitrogens with zero attached hydrogens (tertiary/aromatic N) is 3. The lowest BCUT2D eigenvalue weighted by Gasteiger charge is -2.31. The first-order chi connectivity index (χ1) is 15.2. The molecule has 31 heavy (non-hydrogen) atoms. The van der Waals surface area contributed by atoms with Gasteiger partial charge in [-0.15, -0.1) is 0 Å². The molecule has 0 bridgehead atoms. The number of hydrogen-bond donors (Lipinski definition) is 2. The van der Waals surface area contributed by atoms with E-state index in [9.17, 15) is 0 Å². The number of benzene rings is 1. The van der Waals surface area contributed by atoms with Crippen LogP contribution in [0.5, 0.6) is 5.75 Å². The zero-order valence-electron chi connectivity index (χ0n) is 18.7. The van der Waals surface area contributed by atoms with Gasteiger partial charge in [-0.25, -0.2) is 0 Å². The highest BCUT2D eigenvalue weighted by Gasteiger charge is 2.17. The predicted molar refractivity (Wildman–Crippen MR) is 125 cm³/mol. The number of rotatable bonds is 10. The van der Waals surface area contributed by atoms with Crippen molar-refractivity contribution in [2.45, 2.75) is 31.8 Å². The van der Waals surface area contributed by atoms with Gasteiger partial charge in [0.05, 0.1) is 0 Å². The summed E-state index contributed by atoms with van der Waals surface area (Å²) in [5.41, 5.74) is 2.22. The molecule has 0 atom stereocenters. The number of aliphatic imine (C=N–C) groups is 1. The van der Waals surface area contributed by atoms with Crippen LogP contribution < -0.4 is 15.4 Å². The van der Waals surface area contributed by atoms with Crippen LogP contribution >= 0.6 is 0 Å². The van der Waals surface area contributed by atoms with Crippen molar-refractivity contribution in [1.29, 1.82) is 0 Å². The van der Waals surface area contributed by atoms with Crippen LogP contribution in [0.25, 0.3) is 0 Å². The Morgan fingerprint density at radius 3 is 2.84 bits per heavy atom. The van der Waals surface area contributed by atoms with Crippen molar-refractivity contribution >= 4 is 5.96 Å². The van der Waals surface area contributed by atoms with Gasteiger partial charge in [-0.3, -0.25) is 14.9 Å². The number of pyridine rings is 1. The van der Waals surface area contributed by atoms with Crippen LogP contribution in [0.3, 0.4) is 0 Å². The van der Waals surface area contributed by atoms with Gasteiger partial charge in [0.1, 0.15) is 12.4 Å². The summed E-state index contributed by atoms with van der Waals surface area (Å²) in [5.74, 6) is 1.68. The SMILES string of the molecule is CN=C(NCCc1ccccn1)NCc1cccc(OCCN(C)C2CCOCC2)c1. The number of aromatic nitrogens is 1. The molecule has 1 saturated heterocycles. The third kappa shape index (κ3) is 8.19. The van der Waals surface area contributed by atoms with E-state index in [1.807, 2.05) is 36.5 Å². The summed E-state index contributed by atoms with van der Waals surface area (Å²) < 4.78 is 11.4. The maximum absolute atomic E-state index is 6.00. The smallest absolute Gasteiger partial charge is 0.191 e. The average molecular weight is 426 g/mol. The Morgan fingerprint density at radius 1 is 1.19 bits per heavy atom. The van der Waals surface area contributed by atoms with Crippen LogP contribution in [-0.4, -0.2) is 68.9 Å². The molecule has 1 aliphatic heterocycles. The summed E-state index contributed by atoms with van der Waals surface area (Å²) >= 11 is 0. The Kier molecular flexibility index (Phi) is 9.60. The fourth-order valence-electron chi connectivity index (χ4n) is 3.62. The van der Waals surface area contributed by atoms with Crippen molar-refractivity contribution in [3.05, 3.63) is 59.9 Å². The van der Waals surface area contributed by atoms with Gasteiger partial charge in [0.15, 0.2) is 5.96 Å². The number of likely N-dealkylation sites (N-methyl/N-ethyl adjacent to an activating group) is 1. The first-order valence-electron chi connectivity index (χ1n) is 11.1. The molecule has 1 aromatic heterocycles. The molecule has 168 valence electrons. The molecule has 0 amide bonds. The van der Waals surface area contributed by atoms with E-state index in [-0.39, 0.29) is 0 Å². The molecule has 7 nitrogen and oxygen atoms in total. The largest absolute Gasteiger partial charge is 0.492 e. The Hall–Kier alpha value is -2.64. The lowest BCUT2D eigenvalue weighted by molar-refractivity contribution is 0.0392. The number of guanidine groups is 1. The van der Waals surface area contributed by atoms with Gasteiger partial charge in [0.2, 0.25) is 0 Å². The summed E-state index contributed by atoms with van der Waals surface area (Å²) in [7, 11) is 3.96. The van der Waals surface area contributed by atoms with Crippen molar-refractivity contribution in [3.8, 4) is 5.75 Å². The molecular formula is C24H35N5O2. The van der Waals surface area contributed by atoms with E-state index in [1.54, 1.807) is 7.05 Å². The van der Waals surface area contributed by atoms with Crippen LogP contribution in [0.1, 0.15) is 24.1 Å². The molecule has 0 aliphatic carbocycles. The van der Waals surface area contributed by atoms with E-state index >= 15 is 0 Å². The highest BCUT2D eigenvalue weighted by Crippen LogP contribution is 2.15. The van der Waals surface area contributed by atoms with E-state index in [0.29, 0.717) is 19.2 Å². The molecule has 0 saturated carbocycles. The Labute approximate surface area is 185 Å². The van der Waals surface area contributed by atoms with E-state index in [2.05, 4.69) is 44.7 Å². The Morgan fingerprint density at radius 2 is 2.06 bits per heavy atom. The lowest BCUT2D eigenvalue weighted by Crippen LogP contribution is -2.38. The molecule has 2 N–H and O–H groups in total. The molecule has 3 rings (SSSR count). The average Bonchev–Trinajstić information content (AvgIpc) is 2.82. The maximum atomic E-state index is 6.00. The molecule has 0 radical (unpaired) electrons. The molecule has 0 spiro atoms. The van der Waals surface area contributed by atoms with Gasteiger partial charge in [-0.05, 0) is 49.7 Å². The topological polar surface area (TPSA) is 71.0 Å². The summed E-state index contributed by atoms with van der Waals surface area (Å²) in [5, 5.41) is 6.69. The standard InChI is InChI=1S/C24H35N5O2/c1-25-24(27-13-9-21-7-3-4-12-26-21)28-19-20-6-5-8-23(18-20)31-17-14-29(2)22-10-15-30-16-11-22/h3-8,12,18,22H,9-11,13-17,19H2,1-2H3,(H2,25,27,28). The zero-order chi connectivity index (χ0) is 21.7. The van der Waals surface area contributed by atoms with Gasteiger partial charge >= 0.3 is 0 Å². The Balaban J connectivity index is 1.37. The summed E-state index contributed by atoms with van der Waals surface area (Å²) in [6.07, 6.45) is 4.89. The number of ether oxygens (including phenoxy) is 2. The second-order valence-corrected chi connectivity index (χ2v) is 7.74.